The second kappa shape index (κ2) is 8.88. The SMILES string of the molecule is CSc1cccc(N(c2ccc(F)cc2)C(c2cccnc2)c2cccnc2)c1. The van der Waals surface area contributed by atoms with E-state index < -0.39 is 0 Å². The maximum absolute atomic E-state index is 13.7. The fourth-order valence-corrected chi connectivity index (χ4v) is 3.83. The summed E-state index contributed by atoms with van der Waals surface area (Å²) in [5.41, 5.74) is 3.96. The average Bonchev–Trinajstić information content (AvgIpc) is 2.79. The normalized spacial score (nSPS) is 10.9. The minimum atomic E-state index is -0.258. The van der Waals surface area contributed by atoms with Crippen LogP contribution in [-0.4, -0.2) is 16.2 Å². The Morgan fingerprint density at radius 1 is 0.793 bits per heavy atom. The fourth-order valence-electron chi connectivity index (χ4n) is 3.38. The molecule has 0 aliphatic rings. The molecular formula is C24H20FN3S. The zero-order valence-corrected chi connectivity index (χ0v) is 16.8. The first-order chi connectivity index (χ1) is 14.3. The van der Waals surface area contributed by atoms with Crippen LogP contribution in [0.1, 0.15) is 17.2 Å². The summed E-state index contributed by atoms with van der Waals surface area (Å²) >= 11 is 1.69. The number of hydrogen-bond donors (Lipinski definition) is 0. The highest BCUT2D eigenvalue weighted by molar-refractivity contribution is 7.98. The van der Waals surface area contributed by atoms with Crippen molar-refractivity contribution in [3.8, 4) is 0 Å². The van der Waals surface area contributed by atoms with Crippen LogP contribution in [0.4, 0.5) is 15.8 Å². The van der Waals surface area contributed by atoms with Crippen LogP contribution in [0.25, 0.3) is 0 Å². The number of nitrogens with zero attached hydrogens (tertiary/aromatic N) is 3. The van der Waals surface area contributed by atoms with E-state index in [2.05, 4.69) is 51.5 Å². The fraction of sp³-hybridized carbons (Fsp3) is 0.0833. The van der Waals surface area contributed by atoms with Crippen LogP contribution >= 0.6 is 11.8 Å². The van der Waals surface area contributed by atoms with Crippen LogP contribution < -0.4 is 4.90 Å². The standard InChI is InChI=1S/C24H20FN3S/c1-29-23-8-2-7-22(15-23)28(21-11-9-20(25)10-12-21)24(18-5-3-13-26-16-18)19-6-4-14-27-17-19/h2-17,24H,1H3. The van der Waals surface area contributed by atoms with Crippen molar-refractivity contribution in [2.24, 2.45) is 0 Å². The highest BCUT2D eigenvalue weighted by Crippen LogP contribution is 2.39. The van der Waals surface area contributed by atoms with Crippen molar-refractivity contribution < 1.29 is 4.39 Å². The molecule has 0 amide bonds. The molecule has 2 aromatic carbocycles. The molecule has 0 unspecified atom stereocenters. The Balaban J connectivity index is 1.94. The number of aromatic nitrogens is 2. The molecule has 0 fully saturated rings. The van der Waals surface area contributed by atoms with Gasteiger partial charge < -0.3 is 4.90 Å². The summed E-state index contributed by atoms with van der Waals surface area (Å²) in [5.74, 6) is -0.258. The van der Waals surface area contributed by atoms with Gasteiger partial charge in [-0.3, -0.25) is 9.97 Å². The first kappa shape index (κ1) is 19.2. The third kappa shape index (κ3) is 4.30. The number of halogens is 1. The quantitative estimate of drug-likeness (QED) is 0.356. The van der Waals surface area contributed by atoms with Crippen molar-refractivity contribution in [2.45, 2.75) is 10.9 Å². The summed E-state index contributed by atoms with van der Waals surface area (Å²) in [5, 5.41) is 0. The number of thioether (sulfide) groups is 1. The van der Waals surface area contributed by atoms with Gasteiger partial charge in [0.1, 0.15) is 5.82 Å². The number of pyridine rings is 2. The van der Waals surface area contributed by atoms with Gasteiger partial charge in [0.15, 0.2) is 0 Å². The van der Waals surface area contributed by atoms with Gasteiger partial charge in [0.05, 0.1) is 6.04 Å². The summed E-state index contributed by atoms with van der Waals surface area (Å²) < 4.78 is 13.7. The summed E-state index contributed by atoms with van der Waals surface area (Å²) in [6.45, 7) is 0. The minimum Gasteiger partial charge on any atom is -0.330 e. The lowest BCUT2D eigenvalue weighted by Gasteiger charge is -2.34. The van der Waals surface area contributed by atoms with Gasteiger partial charge in [-0.1, -0.05) is 18.2 Å². The molecule has 0 bridgehead atoms. The van der Waals surface area contributed by atoms with Crippen LogP contribution in [0.15, 0.2) is 102 Å². The van der Waals surface area contributed by atoms with Crippen molar-refractivity contribution >= 4 is 23.1 Å². The van der Waals surface area contributed by atoms with E-state index in [9.17, 15) is 4.39 Å². The molecule has 4 rings (SSSR count). The molecule has 0 atom stereocenters. The van der Waals surface area contributed by atoms with Crippen LogP contribution in [0, 0.1) is 5.82 Å². The minimum absolute atomic E-state index is 0.167. The van der Waals surface area contributed by atoms with Crippen LogP contribution in [-0.2, 0) is 0 Å². The Morgan fingerprint density at radius 2 is 1.45 bits per heavy atom. The third-order valence-electron chi connectivity index (χ3n) is 4.69. The van der Waals surface area contributed by atoms with Crippen LogP contribution in [0.2, 0.25) is 0 Å². The lowest BCUT2D eigenvalue weighted by Crippen LogP contribution is -2.25. The lowest BCUT2D eigenvalue weighted by atomic mass is 9.98. The monoisotopic (exact) mass is 401 g/mol. The number of hydrogen-bond acceptors (Lipinski definition) is 4. The molecule has 2 heterocycles. The van der Waals surface area contributed by atoms with E-state index in [4.69, 9.17) is 0 Å². The Kier molecular flexibility index (Phi) is 5.86. The Bertz CT molecular complexity index is 1020. The van der Waals surface area contributed by atoms with Gasteiger partial charge in [-0.2, -0.15) is 0 Å². The van der Waals surface area contributed by atoms with E-state index in [0.29, 0.717) is 0 Å². The van der Waals surface area contributed by atoms with Gasteiger partial charge in [-0.15, -0.1) is 11.8 Å². The van der Waals surface area contributed by atoms with Gasteiger partial charge in [0.2, 0.25) is 0 Å². The van der Waals surface area contributed by atoms with Crippen molar-refractivity contribution in [2.75, 3.05) is 11.2 Å². The summed E-state index contributed by atoms with van der Waals surface area (Å²) in [7, 11) is 0. The number of anilines is 2. The predicted molar refractivity (Wildman–Crippen MR) is 117 cm³/mol. The molecule has 2 aromatic heterocycles. The number of rotatable bonds is 6. The molecule has 144 valence electrons. The molecule has 4 aromatic rings. The molecule has 0 aliphatic carbocycles. The molecule has 5 heteroatoms. The molecule has 0 saturated carbocycles. The first-order valence-corrected chi connectivity index (χ1v) is 10.5. The maximum atomic E-state index is 13.7. The van der Waals surface area contributed by atoms with Crippen LogP contribution in [0.3, 0.4) is 0 Å². The Labute approximate surface area is 174 Å². The zero-order chi connectivity index (χ0) is 20.1. The largest absolute Gasteiger partial charge is 0.330 e. The van der Waals surface area contributed by atoms with Crippen molar-refractivity contribution in [3.05, 3.63) is 115 Å². The predicted octanol–water partition coefficient (Wildman–Crippen LogP) is 6.27. The second-order valence-corrected chi connectivity index (χ2v) is 7.40. The van der Waals surface area contributed by atoms with Crippen molar-refractivity contribution in [1.82, 2.24) is 9.97 Å². The molecule has 0 N–H and O–H groups in total. The van der Waals surface area contributed by atoms with Crippen molar-refractivity contribution in [1.29, 1.82) is 0 Å². The molecular weight excluding hydrogens is 381 g/mol. The van der Waals surface area contributed by atoms with Gasteiger partial charge in [-0.05, 0) is 72.0 Å². The van der Waals surface area contributed by atoms with E-state index in [1.165, 1.54) is 12.1 Å². The molecule has 0 radical (unpaired) electrons. The molecule has 0 spiro atoms. The molecule has 0 aliphatic heterocycles. The maximum Gasteiger partial charge on any atom is 0.123 e. The molecule has 0 saturated heterocycles. The van der Waals surface area contributed by atoms with E-state index in [1.807, 2.05) is 30.6 Å². The van der Waals surface area contributed by atoms with E-state index >= 15 is 0 Å². The van der Waals surface area contributed by atoms with Crippen molar-refractivity contribution in [3.63, 3.8) is 0 Å². The molecule has 3 nitrogen and oxygen atoms in total. The topological polar surface area (TPSA) is 29.0 Å². The smallest absolute Gasteiger partial charge is 0.123 e. The zero-order valence-electron chi connectivity index (χ0n) is 15.9. The Morgan fingerprint density at radius 3 is 2.00 bits per heavy atom. The Hall–Kier alpha value is -3.18. The van der Waals surface area contributed by atoms with Crippen LogP contribution in [0.5, 0.6) is 0 Å². The highest BCUT2D eigenvalue weighted by Gasteiger charge is 2.25. The van der Waals surface area contributed by atoms with E-state index in [0.717, 1.165) is 27.4 Å². The highest BCUT2D eigenvalue weighted by atomic mass is 32.2. The number of benzene rings is 2. The van der Waals surface area contributed by atoms with Gasteiger partial charge in [0, 0.05) is 41.1 Å². The lowest BCUT2D eigenvalue weighted by molar-refractivity contribution is 0.627. The molecule has 29 heavy (non-hydrogen) atoms. The van der Waals surface area contributed by atoms with Gasteiger partial charge >= 0.3 is 0 Å². The third-order valence-corrected chi connectivity index (χ3v) is 5.42. The summed E-state index contributed by atoms with van der Waals surface area (Å²) in [6, 6.07) is 22.7. The van der Waals surface area contributed by atoms with E-state index in [-0.39, 0.29) is 11.9 Å². The summed E-state index contributed by atoms with van der Waals surface area (Å²) in [6.07, 6.45) is 9.32. The average molecular weight is 402 g/mol. The summed E-state index contributed by atoms with van der Waals surface area (Å²) in [4.78, 5) is 12.0. The van der Waals surface area contributed by atoms with E-state index in [1.54, 1.807) is 36.3 Å². The van der Waals surface area contributed by atoms with Gasteiger partial charge in [0.25, 0.3) is 0 Å². The van der Waals surface area contributed by atoms with Gasteiger partial charge in [-0.25, -0.2) is 4.39 Å². The first-order valence-electron chi connectivity index (χ1n) is 9.25. The second-order valence-electron chi connectivity index (χ2n) is 6.52.